The average Bonchev–Trinajstić information content (AvgIpc) is 3.29. The van der Waals surface area contributed by atoms with Crippen LogP contribution in [0.4, 0.5) is 13.2 Å². The lowest BCUT2D eigenvalue weighted by molar-refractivity contribution is -0.137. The van der Waals surface area contributed by atoms with E-state index >= 15 is 0 Å². The van der Waals surface area contributed by atoms with Crippen LogP contribution in [0.25, 0.3) is 11.4 Å². The van der Waals surface area contributed by atoms with Gasteiger partial charge in [0.15, 0.2) is 0 Å². The molecule has 0 N–H and O–H groups in total. The molecule has 1 unspecified atom stereocenters. The number of hydrogen-bond donors (Lipinski definition) is 0. The topological polar surface area (TPSA) is 42.2 Å². The quantitative estimate of drug-likeness (QED) is 0.647. The van der Waals surface area contributed by atoms with Crippen LogP contribution in [-0.2, 0) is 19.1 Å². The summed E-state index contributed by atoms with van der Waals surface area (Å²) in [6.45, 7) is 3.66. The SMILES string of the molecule is CC(c1nc(-c2cccc(C(F)(F)F)c2)no1)N1CCc2sccc2C1. The largest absolute Gasteiger partial charge is 0.416 e. The Morgan fingerprint density at radius 2 is 2.12 bits per heavy atom. The molecule has 0 bridgehead atoms. The number of thiophene rings is 1. The van der Waals surface area contributed by atoms with Gasteiger partial charge < -0.3 is 4.52 Å². The molecule has 0 aliphatic carbocycles. The lowest BCUT2D eigenvalue weighted by atomic mass is 10.1. The van der Waals surface area contributed by atoms with Crippen LogP contribution in [0.5, 0.6) is 0 Å². The third kappa shape index (κ3) is 3.26. The Hall–Kier alpha value is -2.19. The summed E-state index contributed by atoms with van der Waals surface area (Å²) in [4.78, 5) is 7.98. The molecule has 136 valence electrons. The van der Waals surface area contributed by atoms with Crippen molar-refractivity contribution in [3.8, 4) is 11.4 Å². The summed E-state index contributed by atoms with van der Waals surface area (Å²) < 4.78 is 44.0. The predicted molar refractivity (Wildman–Crippen MR) is 91.6 cm³/mol. The summed E-state index contributed by atoms with van der Waals surface area (Å²) >= 11 is 1.77. The van der Waals surface area contributed by atoms with Crippen molar-refractivity contribution >= 4 is 11.3 Å². The summed E-state index contributed by atoms with van der Waals surface area (Å²) in [5.74, 6) is 0.585. The molecule has 0 spiro atoms. The Balaban J connectivity index is 1.55. The van der Waals surface area contributed by atoms with Crippen LogP contribution in [0.15, 0.2) is 40.2 Å². The number of halogens is 3. The zero-order valence-corrected chi connectivity index (χ0v) is 14.8. The van der Waals surface area contributed by atoms with E-state index in [0.717, 1.165) is 31.6 Å². The number of nitrogens with zero attached hydrogens (tertiary/aromatic N) is 3. The van der Waals surface area contributed by atoms with Crippen LogP contribution in [0.1, 0.15) is 34.9 Å². The summed E-state index contributed by atoms with van der Waals surface area (Å²) in [6.07, 6.45) is -3.42. The fraction of sp³-hybridized carbons (Fsp3) is 0.333. The highest BCUT2D eigenvalue weighted by Crippen LogP contribution is 2.33. The van der Waals surface area contributed by atoms with Gasteiger partial charge in [-0.3, -0.25) is 4.90 Å². The van der Waals surface area contributed by atoms with Crippen molar-refractivity contribution in [2.75, 3.05) is 6.54 Å². The number of hydrogen-bond acceptors (Lipinski definition) is 5. The maximum atomic E-state index is 12.9. The monoisotopic (exact) mass is 379 g/mol. The number of fused-ring (bicyclic) bond motifs is 1. The van der Waals surface area contributed by atoms with Crippen LogP contribution in [0.3, 0.4) is 0 Å². The molecule has 3 heterocycles. The van der Waals surface area contributed by atoms with Crippen molar-refractivity contribution in [1.29, 1.82) is 0 Å². The first kappa shape index (κ1) is 17.2. The van der Waals surface area contributed by atoms with E-state index in [4.69, 9.17) is 4.52 Å². The smallest absolute Gasteiger partial charge is 0.337 e. The van der Waals surface area contributed by atoms with Crippen molar-refractivity contribution in [3.05, 3.63) is 57.6 Å². The fourth-order valence-electron chi connectivity index (χ4n) is 3.11. The van der Waals surface area contributed by atoms with Gasteiger partial charge in [-0.25, -0.2) is 0 Å². The van der Waals surface area contributed by atoms with Crippen LogP contribution < -0.4 is 0 Å². The molecule has 4 rings (SSSR count). The van der Waals surface area contributed by atoms with Gasteiger partial charge in [0.05, 0.1) is 11.6 Å². The van der Waals surface area contributed by atoms with Gasteiger partial charge in [-0.2, -0.15) is 18.2 Å². The van der Waals surface area contributed by atoms with E-state index in [1.807, 2.05) is 6.92 Å². The maximum absolute atomic E-state index is 12.9. The van der Waals surface area contributed by atoms with Crippen LogP contribution in [-0.4, -0.2) is 21.6 Å². The second-order valence-corrected chi connectivity index (χ2v) is 7.30. The molecule has 4 nitrogen and oxygen atoms in total. The van der Waals surface area contributed by atoms with E-state index < -0.39 is 11.7 Å². The summed E-state index contributed by atoms with van der Waals surface area (Å²) in [6, 6.07) is 6.99. The Bertz CT molecular complexity index is 918. The van der Waals surface area contributed by atoms with Gasteiger partial charge in [-0.05, 0) is 42.5 Å². The highest BCUT2D eigenvalue weighted by atomic mass is 32.1. The van der Waals surface area contributed by atoms with Gasteiger partial charge in [-0.15, -0.1) is 11.3 Å². The molecule has 1 aromatic carbocycles. The molecule has 26 heavy (non-hydrogen) atoms. The molecule has 1 aliphatic heterocycles. The Morgan fingerprint density at radius 3 is 2.92 bits per heavy atom. The van der Waals surface area contributed by atoms with Gasteiger partial charge in [0, 0.05) is 23.5 Å². The van der Waals surface area contributed by atoms with Crippen LogP contribution in [0.2, 0.25) is 0 Å². The lowest BCUT2D eigenvalue weighted by Gasteiger charge is -2.30. The third-order valence-electron chi connectivity index (χ3n) is 4.63. The Morgan fingerprint density at radius 1 is 1.27 bits per heavy atom. The van der Waals surface area contributed by atoms with Crippen molar-refractivity contribution < 1.29 is 17.7 Å². The molecule has 0 radical (unpaired) electrons. The lowest BCUT2D eigenvalue weighted by Crippen LogP contribution is -2.32. The fourth-order valence-corrected chi connectivity index (χ4v) is 4.00. The van der Waals surface area contributed by atoms with E-state index in [1.54, 1.807) is 17.4 Å². The molecule has 1 aliphatic rings. The van der Waals surface area contributed by atoms with Gasteiger partial charge >= 0.3 is 6.18 Å². The van der Waals surface area contributed by atoms with E-state index in [-0.39, 0.29) is 11.9 Å². The number of alkyl halides is 3. The molecule has 0 amide bonds. The van der Waals surface area contributed by atoms with Gasteiger partial charge in [-0.1, -0.05) is 17.3 Å². The van der Waals surface area contributed by atoms with Crippen molar-refractivity contribution in [2.24, 2.45) is 0 Å². The molecule has 1 atom stereocenters. The second-order valence-electron chi connectivity index (χ2n) is 6.30. The first-order valence-corrected chi connectivity index (χ1v) is 9.10. The average molecular weight is 379 g/mol. The summed E-state index contributed by atoms with van der Waals surface area (Å²) in [5.41, 5.74) is 0.877. The van der Waals surface area contributed by atoms with E-state index in [9.17, 15) is 13.2 Å². The molecule has 0 saturated carbocycles. The highest BCUT2D eigenvalue weighted by Gasteiger charge is 2.31. The normalized spacial score (nSPS) is 16.5. The molecule has 0 saturated heterocycles. The van der Waals surface area contributed by atoms with Gasteiger partial charge in [0.2, 0.25) is 11.7 Å². The molecule has 0 fully saturated rings. The standard InChI is InChI=1S/C18H16F3N3OS/c1-11(24-7-5-15-13(10-24)6-8-26-15)17-22-16(23-25-17)12-3-2-4-14(9-12)18(19,20)21/h2-4,6,8-9,11H,5,7,10H2,1H3. The zero-order chi connectivity index (χ0) is 18.3. The number of aromatic nitrogens is 2. The molecular formula is C18H16F3N3OS. The van der Waals surface area contributed by atoms with E-state index in [0.29, 0.717) is 11.5 Å². The predicted octanol–water partition coefficient (Wildman–Crippen LogP) is 4.94. The van der Waals surface area contributed by atoms with E-state index in [2.05, 4.69) is 26.5 Å². The van der Waals surface area contributed by atoms with Gasteiger partial charge in [0.25, 0.3) is 0 Å². The van der Waals surface area contributed by atoms with Crippen molar-refractivity contribution in [1.82, 2.24) is 15.0 Å². The minimum Gasteiger partial charge on any atom is -0.337 e. The van der Waals surface area contributed by atoms with Crippen molar-refractivity contribution in [3.63, 3.8) is 0 Å². The highest BCUT2D eigenvalue weighted by molar-refractivity contribution is 7.10. The molecule has 3 aromatic rings. The van der Waals surface area contributed by atoms with Gasteiger partial charge in [0.1, 0.15) is 0 Å². The summed E-state index contributed by atoms with van der Waals surface area (Å²) in [7, 11) is 0. The first-order chi connectivity index (χ1) is 12.4. The van der Waals surface area contributed by atoms with Crippen LogP contribution in [0, 0.1) is 0 Å². The first-order valence-electron chi connectivity index (χ1n) is 8.22. The summed E-state index contributed by atoms with van der Waals surface area (Å²) in [5, 5.41) is 5.98. The Kier molecular flexibility index (Phi) is 4.32. The third-order valence-corrected chi connectivity index (χ3v) is 5.66. The minimum absolute atomic E-state index is 0.102. The number of rotatable bonds is 3. The van der Waals surface area contributed by atoms with E-state index in [1.165, 1.54) is 16.5 Å². The zero-order valence-electron chi connectivity index (χ0n) is 14.0. The van der Waals surface area contributed by atoms with Crippen LogP contribution >= 0.6 is 11.3 Å². The minimum atomic E-state index is -4.40. The second kappa shape index (κ2) is 6.51. The molecule has 8 heteroatoms. The van der Waals surface area contributed by atoms with Crippen molar-refractivity contribution in [2.45, 2.75) is 32.1 Å². The molecular weight excluding hydrogens is 363 g/mol. The maximum Gasteiger partial charge on any atom is 0.416 e. The number of benzene rings is 1. The molecule has 2 aromatic heterocycles. The Labute approximate surface area is 152 Å².